The molecule has 1 N–H and O–H groups in total. The molecular weight excluding hydrogens is 238 g/mol. The second-order valence-electron chi connectivity index (χ2n) is 5.49. The van der Waals surface area contributed by atoms with Gasteiger partial charge in [-0.05, 0) is 49.1 Å². The predicted molar refractivity (Wildman–Crippen MR) is 79.9 cm³/mol. The second kappa shape index (κ2) is 7.51. The summed E-state index contributed by atoms with van der Waals surface area (Å²) in [5.74, 6) is 1.44. The molecule has 0 spiro atoms. The van der Waals surface area contributed by atoms with E-state index in [1.54, 1.807) is 7.11 Å². The van der Waals surface area contributed by atoms with Crippen LogP contribution in [0.15, 0.2) is 12.1 Å². The summed E-state index contributed by atoms with van der Waals surface area (Å²) in [6, 6.07) is 4.39. The van der Waals surface area contributed by atoms with Crippen LogP contribution < -0.4 is 4.74 Å². The quantitative estimate of drug-likeness (QED) is 0.823. The van der Waals surface area contributed by atoms with E-state index in [2.05, 4.69) is 44.9 Å². The first-order valence-corrected chi connectivity index (χ1v) is 6.96. The maximum atomic E-state index is 8.88. The van der Waals surface area contributed by atoms with Crippen LogP contribution in [0.25, 0.3) is 0 Å². The van der Waals surface area contributed by atoms with Crippen molar-refractivity contribution in [1.82, 2.24) is 4.90 Å². The zero-order valence-electron chi connectivity index (χ0n) is 12.9. The number of hydrogen-bond donors (Lipinski definition) is 1. The molecule has 0 unspecified atom stereocenters. The van der Waals surface area contributed by atoms with E-state index in [0.717, 1.165) is 25.3 Å². The van der Waals surface area contributed by atoms with E-state index >= 15 is 0 Å². The van der Waals surface area contributed by atoms with Crippen molar-refractivity contribution in [1.29, 1.82) is 0 Å². The molecule has 0 heterocycles. The molecule has 19 heavy (non-hydrogen) atoms. The number of ether oxygens (including phenoxy) is 1. The summed E-state index contributed by atoms with van der Waals surface area (Å²) >= 11 is 0. The Bertz CT molecular complexity index is 402. The lowest BCUT2D eigenvalue weighted by Gasteiger charge is -2.20. The lowest BCUT2D eigenvalue weighted by molar-refractivity contribution is 0.244. The van der Waals surface area contributed by atoms with Crippen molar-refractivity contribution in [3.63, 3.8) is 0 Å². The fourth-order valence-corrected chi connectivity index (χ4v) is 2.25. The van der Waals surface area contributed by atoms with Crippen LogP contribution in [-0.4, -0.2) is 37.3 Å². The summed E-state index contributed by atoms with van der Waals surface area (Å²) in [7, 11) is 3.82. The Hall–Kier alpha value is -1.06. The summed E-state index contributed by atoms with van der Waals surface area (Å²) in [5.41, 5.74) is 3.86. The molecule has 108 valence electrons. The highest BCUT2D eigenvalue weighted by molar-refractivity contribution is 5.43. The van der Waals surface area contributed by atoms with Gasteiger partial charge in [0.25, 0.3) is 0 Å². The first kappa shape index (κ1) is 16.0. The molecule has 0 atom stereocenters. The van der Waals surface area contributed by atoms with Crippen LogP contribution in [0.2, 0.25) is 0 Å². The Morgan fingerprint density at radius 1 is 1.32 bits per heavy atom. The lowest BCUT2D eigenvalue weighted by Crippen LogP contribution is -2.20. The largest absolute Gasteiger partial charge is 0.496 e. The first-order chi connectivity index (χ1) is 8.99. The lowest BCUT2D eigenvalue weighted by atomic mass is 9.96. The number of hydrogen-bond acceptors (Lipinski definition) is 3. The number of aryl methyl sites for hydroxylation is 1. The van der Waals surface area contributed by atoms with Crippen molar-refractivity contribution in [2.75, 3.05) is 27.3 Å². The molecule has 0 fully saturated rings. The van der Waals surface area contributed by atoms with Crippen LogP contribution in [-0.2, 0) is 6.54 Å². The minimum absolute atomic E-state index is 0.253. The van der Waals surface area contributed by atoms with Crippen molar-refractivity contribution in [3.05, 3.63) is 28.8 Å². The third-order valence-electron chi connectivity index (χ3n) is 3.45. The fourth-order valence-electron chi connectivity index (χ4n) is 2.25. The minimum Gasteiger partial charge on any atom is -0.496 e. The van der Waals surface area contributed by atoms with Crippen molar-refractivity contribution in [2.45, 2.75) is 39.7 Å². The molecule has 0 aliphatic heterocycles. The second-order valence-corrected chi connectivity index (χ2v) is 5.49. The highest BCUT2D eigenvalue weighted by Gasteiger charge is 2.12. The van der Waals surface area contributed by atoms with Gasteiger partial charge in [0.2, 0.25) is 0 Å². The van der Waals surface area contributed by atoms with E-state index in [1.165, 1.54) is 16.7 Å². The molecule has 3 heteroatoms. The van der Waals surface area contributed by atoms with Gasteiger partial charge in [0.1, 0.15) is 5.75 Å². The molecule has 0 aliphatic carbocycles. The zero-order chi connectivity index (χ0) is 14.4. The average Bonchev–Trinajstić information content (AvgIpc) is 2.37. The molecule has 0 aromatic heterocycles. The fraction of sp³-hybridized carbons (Fsp3) is 0.625. The molecule has 0 amide bonds. The summed E-state index contributed by atoms with van der Waals surface area (Å²) < 4.78 is 5.47. The molecule has 3 nitrogen and oxygen atoms in total. The Balaban J connectivity index is 2.91. The van der Waals surface area contributed by atoms with E-state index in [-0.39, 0.29) is 6.61 Å². The summed E-state index contributed by atoms with van der Waals surface area (Å²) in [6.07, 6.45) is 0.822. The average molecular weight is 265 g/mol. The molecule has 1 aromatic rings. The number of rotatable bonds is 7. The van der Waals surface area contributed by atoms with Crippen LogP contribution in [0, 0.1) is 6.92 Å². The van der Waals surface area contributed by atoms with Crippen LogP contribution in [0.1, 0.15) is 42.9 Å². The van der Waals surface area contributed by atoms with Gasteiger partial charge in [-0.25, -0.2) is 0 Å². The van der Waals surface area contributed by atoms with Crippen LogP contribution in [0.4, 0.5) is 0 Å². The molecule has 1 rings (SSSR count). The van der Waals surface area contributed by atoms with Crippen molar-refractivity contribution in [2.24, 2.45) is 0 Å². The smallest absolute Gasteiger partial charge is 0.122 e. The highest BCUT2D eigenvalue weighted by atomic mass is 16.5. The highest BCUT2D eigenvalue weighted by Crippen LogP contribution is 2.30. The molecule has 1 aromatic carbocycles. The van der Waals surface area contributed by atoms with Gasteiger partial charge in [0, 0.05) is 19.7 Å². The van der Waals surface area contributed by atoms with Crippen molar-refractivity contribution < 1.29 is 9.84 Å². The summed E-state index contributed by atoms with van der Waals surface area (Å²) in [4.78, 5) is 2.25. The third-order valence-corrected chi connectivity index (χ3v) is 3.45. The molecule has 0 bridgehead atoms. The number of benzene rings is 1. The maximum absolute atomic E-state index is 8.88. The SMILES string of the molecule is COc1cc(C)c(CN(C)CCCO)cc1C(C)C. The van der Waals surface area contributed by atoms with E-state index < -0.39 is 0 Å². The van der Waals surface area contributed by atoms with Gasteiger partial charge in [-0.15, -0.1) is 0 Å². The van der Waals surface area contributed by atoms with E-state index in [0.29, 0.717) is 5.92 Å². The Kier molecular flexibility index (Phi) is 6.32. The molecular formula is C16H27NO2. The monoisotopic (exact) mass is 265 g/mol. The van der Waals surface area contributed by atoms with Crippen molar-refractivity contribution >= 4 is 0 Å². The first-order valence-electron chi connectivity index (χ1n) is 6.96. The third kappa shape index (κ3) is 4.51. The van der Waals surface area contributed by atoms with Crippen LogP contribution >= 0.6 is 0 Å². The van der Waals surface area contributed by atoms with E-state index in [1.807, 2.05) is 0 Å². The molecule has 0 saturated carbocycles. The standard InChI is InChI=1S/C16H27NO2/c1-12(2)15-10-14(11-17(4)7-6-8-18)13(3)9-16(15)19-5/h9-10,12,18H,6-8,11H2,1-5H3. The number of aliphatic hydroxyl groups is 1. The maximum Gasteiger partial charge on any atom is 0.122 e. The molecule has 0 saturated heterocycles. The predicted octanol–water partition coefficient (Wildman–Crippen LogP) is 2.94. The molecule has 0 aliphatic rings. The number of methoxy groups -OCH3 is 1. The van der Waals surface area contributed by atoms with Crippen molar-refractivity contribution in [3.8, 4) is 5.75 Å². The Morgan fingerprint density at radius 2 is 2.00 bits per heavy atom. The normalized spacial score (nSPS) is 11.4. The van der Waals surface area contributed by atoms with Gasteiger partial charge in [0.15, 0.2) is 0 Å². The Morgan fingerprint density at radius 3 is 2.53 bits per heavy atom. The van der Waals surface area contributed by atoms with Crippen LogP contribution in [0.3, 0.4) is 0 Å². The molecule has 0 radical (unpaired) electrons. The van der Waals surface area contributed by atoms with E-state index in [9.17, 15) is 0 Å². The number of nitrogens with zero attached hydrogens (tertiary/aromatic N) is 1. The van der Waals surface area contributed by atoms with Gasteiger partial charge in [-0.2, -0.15) is 0 Å². The van der Waals surface area contributed by atoms with Crippen LogP contribution in [0.5, 0.6) is 5.75 Å². The topological polar surface area (TPSA) is 32.7 Å². The van der Waals surface area contributed by atoms with Gasteiger partial charge in [0.05, 0.1) is 7.11 Å². The van der Waals surface area contributed by atoms with E-state index in [4.69, 9.17) is 9.84 Å². The number of aliphatic hydroxyl groups excluding tert-OH is 1. The summed E-state index contributed by atoms with van der Waals surface area (Å²) in [6.45, 7) is 8.58. The van der Waals surface area contributed by atoms with Gasteiger partial charge in [-0.1, -0.05) is 19.9 Å². The Labute approximate surface area is 117 Å². The van der Waals surface area contributed by atoms with Gasteiger partial charge < -0.3 is 14.7 Å². The van der Waals surface area contributed by atoms with Gasteiger partial charge >= 0.3 is 0 Å². The zero-order valence-corrected chi connectivity index (χ0v) is 12.9. The minimum atomic E-state index is 0.253. The summed E-state index contributed by atoms with van der Waals surface area (Å²) in [5, 5.41) is 8.88. The van der Waals surface area contributed by atoms with Gasteiger partial charge in [-0.3, -0.25) is 0 Å².